The zero-order chi connectivity index (χ0) is 13.0. The Hall–Kier alpha value is -1.86. The average molecular weight is 243 g/mol. The van der Waals surface area contributed by atoms with Gasteiger partial charge in [-0.05, 0) is 30.5 Å². The Bertz CT molecular complexity index is 455. The monoisotopic (exact) mass is 243 g/mol. The van der Waals surface area contributed by atoms with Gasteiger partial charge in [-0.25, -0.2) is 0 Å². The van der Waals surface area contributed by atoms with Crippen LogP contribution < -0.4 is 11.1 Å². The lowest BCUT2D eigenvalue weighted by molar-refractivity contribution is -0.120. The van der Waals surface area contributed by atoms with E-state index in [9.17, 15) is 4.79 Å². The fraction of sp³-hybridized carbons (Fsp3) is 0.429. The minimum Gasteiger partial charge on any atom is -0.368 e. The topological polar surface area (TPSA) is 78.9 Å². The third-order valence-electron chi connectivity index (χ3n) is 3.42. The van der Waals surface area contributed by atoms with E-state index in [1.807, 2.05) is 0 Å². The first kappa shape index (κ1) is 12.6. The van der Waals surface area contributed by atoms with Crippen molar-refractivity contribution in [3.63, 3.8) is 0 Å². The second-order valence-electron chi connectivity index (χ2n) is 4.72. The molecule has 0 bridgehead atoms. The molecule has 4 heteroatoms. The number of primary amides is 1. The van der Waals surface area contributed by atoms with Gasteiger partial charge < -0.3 is 5.73 Å². The summed E-state index contributed by atoms with van der Waals surface area (Å²) in [5.74, 6) is -0.369. The van der Waals surface area contributed by atoms with Crippen LogP contribution in [0.1, 0.15) is 42.9 Å². The third-order valence-corrected chi connectivity index (χ3v) is 3.42. The molecule has 3 N–H and O–H groups in total. The van der Waals surface area contributed by atoms with E-state index in [0.717, 1.165) is 18.4 Å². The fourth-order valence-corrected chi connectivity index (χ4v) is 2.42. The molecule has 18 heavy (non-hydrogen) atoms. The molecular formula is C14H17N3O. The van der Waals surface area contributed by atoms with Gasteiger partial charge in [0.15, 0.2) is 0 Å². The van der Waals surface area contributed by atoms with Crippen molar-refractivity contribution in [2.24, 2.45) is 5.73 Å². The van der Waals surface area contributed by atoms with Crippen molar-refractivity contribution in [3.05, 3.63) is 35.4 Å². The van der Waals surface area contributed by atoms with Crippen molar-refractivity contribution in [3.8, 4) is 6.07 Å². The minimum absolute atomic E-state index is 0.369. The number of benzene rings is 1. The predicted molar refractivity (Wildman–Crippen MR) is 68.5 cm³/mol. The molecule has 1 fully saturated rings. The van der Waals surface area contributed by atoms with Gasteiger partial charge in [-0.15, -0.1) is 0 Å². The highest BCUT2D eigenvalue weighted by atomic mass is 16.1. The van der Waals surface area contributed by atoms with E-state index < -0.39 is 6.04 Å². The molecule has 1 saturated carbocycles. The summed E-state index contributed by atoms with van der Waals surface area (Å²) in [5, 5.41) is 12.1. The number of carbonyl (C=O) groups excluding carboxylic acids is 1. The summed E-state index contributed by atoms with van der Waals surface area (Å²) in [5.41, 5.74) is 6.86. The van der Waals surface area contributed by atoms with Crippen LogP contribution in [0.4, 0.5) is 0 Å². The van der Waals surface area contributed by atoms with Crippen molar-refractivity contribution in [2.75, 3.05) is 0 Å². The molecule has 1 aliphatic rings. The summed E-state index contributed by atoms with van der Waals surface area (Å²) in [4.78, 5) is 11.5. The number of rotatable bonds is 4. The van der Waals surface area contributed by atoms with Gasteiger partial charge in [0.1, 0.15) is 6.04 Å². The first-order chi connectivity index (χ1) is 8.70. The van der Waals surface area contributed by atoms with Gasteiger partial charge in [-0.1, -0.05) is 25.0 Å². The van der Waals surface area contributed by atoms with Gasteiger partial charge in [0, 0.05) is 6.04 Å². The third kappa shape index (κ3) is 2.88. The van der Waals surface area contributed by atoms with Crippen molar-refractivity contribution >= 4 is 5.91 Å². The van der Waals surface area contributed by atoms with Gasteiger partial charge >= 0.3 is 0 Å². The van der Waals surface area contributed by atoms with Crippen molar-refractivity contribution in [2.45, 2.75) is 37.8 Å². The SMILES string of the molecule is N#Cc1ccc([C@H](NC2CCCC2)C(N)=O)cc1. The molecule has 4 nitrogen and oxygen atoms in total. The van der Waals surface area contributed by atoms with Gasteiger partial charge in [-0.2, -0.15) is 5.26 Å². The minimum atomic E-state index is -0.458. The van der Waals surface area contributed by atoms with Crippen LogP contribution in [0.3, 0.4) is 0 Å². The fourth-order valence-electron chi connectivity index (χ4n) is 2.42. The number of hydrogen-bond donors (Lipinski definition) is 2. The van der Waals surface area contributed by atoms with E-state index in [0.29, 0.717) is 11.6 Å². The van der Waals surface area contributed by atoms with E-state index in [1.54, 1.807) is 24.3 Å². The summed E-state index contributed by atoms with van der Waals surface area (Å²) in [6.45, 7) is 0. The molecule has 1 aromatic carbocycles. The highest BCUT2D eigenvalue weighted by Crippen LogP contribution is 2.22. The molecule has 1 atom stereocenters. The van der Waals surface area contributed by atoms with Crippen LogP contribution >= 0.6 is 0 Å². The van der Waals surface area contributed by atoms with E-state index >= 15 is 0 Å². The number of carbonyl (C=O) groups is 1. The summed E-state index contributed by atoms with van der Waals surface area (Å²) < 4.78 is 0. The van der Waals surface area contributed by atoms with E-state index in [4.69, 9.17) is 11.0 Å². The maximum Gasteiger partial charge on any atom is 0.239 e. The molecular weight excluding hydrogens is 226 g/mol. The maximum atomic E-state index is 11.5. The van der Waals surface area contributed by atoms with Crippen LogP contribution in [0.2, 0.25) is 0 Å². The quantitative estimate of drug-likeness (QED) is 0.843. The number of nitrogens with one attached hydrogen (secondary N) is 1. The number of nitriles is 1. The molecule has 1 aromatic rings. The summed E-state index contributed by atoms with van der Waals surface area (Å²) in [6, 6.07) is 8.97. The largest absolute Gasteiger partial charge is 0.368 e. The Labute approximate surface area is 107 Å². The van der Waals surface area contributed by atoms with E-state index in [2.05, 4.69) is 11.4 Å². The molecule has 0 aliphatic heterocycles. The number of nitrogens with two attached hydrogens (primary N) is 1. The molecule has 94 valence electrons. The second kappa shape index (κ2) is 5.65. The van der Waals surface area contributed by atoms with Gasteiger partial charge in [0.25, 0.3) is 0 Å². The second-order valence-corrected chi connectivity index (χ2v) is 4.72. The Kier molecular flexibility index (Phi) is 3.96. The van der Waals surface area contributed by atoms with Crippen LogP contribution in [0.25, 0.3) is 0 Å². The summed E-state index contributed by atoms with van der Waals surface area (Å²) in [7, 11) is 0. The Morgan fingerprint density at radius 3 is 2.44 bits per heavy atom. The first-order valence-corrected chi connectivity index (χ1v) is 6.26. The molecule has 1 amide bonds. The van der Waals surface area contributed by atoms with Gasteiger partial charge in [0.05, 0.1) is 11.6 Å². The number of nitrogens with zero attached hydrogens (tertiary/aromatic N) is 1. The first-order valence-electron chi connectivity index (χ1n) is 6.26. The molecule has 0 unspecified atom stereocenters. The lowest BCUT2D eigenvalue weighted by Crippen LogP contribution is -2.38. The molecule has 0 spiro atoms. The van der Waals surface area contributed by atoms with Crippen molar-refractivity contribution in [1.29, 1.82) is 5.26 Å². The molecule has 2 rings (SSSR count). The highest BCUT2D eigenvalue weighted by molar-refractivity contribution is 5.81. The molecule has 0 radical (unpaired) electrons. The lowest BCUT2D eigenvalue weighted by Gasteiger charge is -2.20. The molecule has 0 saturated heterocycles. The predicted octanol–water partition coefficient (Wildman–Crippen LogP) is 1.62. The average Bonchev–Trinajstić information content (AvgIpc) is 2.89. The zero-order valence-electron chi connectivity index (χ0n) is 10.2. The Morgan fingerprint density at radius 2 is 1.94 bits per heavy atom. The van der Waals surface area contributed by atoms with Crippen LogP contribution in [0.5, 0.6) is 0 Å². The smallest absolute Gasteiger partial charge is 0.239 e. The summed E-state index contributed by atoms with van der Waals surface area (Å²) >= 11 is 0. The van der Waals surface area contributed by atoms with Gasteiger partial charge in [0.2, 0.25) is 5.91 Å². The zero-order valence-corrected chi connectivity index (χ0v) is 10.2. The van der Waals surface area contributed by atoms with Crippen LogP contribution in [0.15, 0.2) is 24.3 Å². The Morgan fingerprint density at radius 1 is 1.33 bits per heavy atom. The van der Waals surface area contributed by atoms with Crippen LogP contribution in [0, 0.1) is 11.3 Å². The number of hydrogen-bond acceptors (Lipinski definition) is 3. The Balaban J connectivity index is 2.13. The highest BCUT2D eigenvalue weighted by Gasteiger charge is 2.23. The maximum absolute atomic E-state index is 11.5. The standard InChI is InChI=1S/C14H17N3O/c15-9-10-5-7-11(8-6-10)13(14(16)18)17-12-3-1-2-4-12/h5-8,12-13,17H,1-4H2,(H2,16,18)/t13-/m0/s1. The van der Waals surface area contributed by atoms with E-state index in [-0.39, 0.29) is 5.91 Å². The van der Waals surface area contributed by atoms with Crippen LogP contribution in [-0.2, 0) is 4.79 Å². The lowest BCUT2D eigenvalue weighted by atomic mass is 10.0. The molecule has 0 aromatic heterocycles. The number of amides is 1. The van der Waals surface area contributed by atoms with Crippen molar-refractivity contribution < 1.29 is 4.79 Å². The molecule has 1 aliphatic carbocycles. The van der Waals surface area contributed by atoms with Gasteiger partial charge in [-0.3, -0.25) is 10.1 Å². The van der Waals surface area contributed by atoms with Crippen molar-refractivity contribution in [1.82, 2.24) is 5.32 Å². The van der Waals surface area contributed by atoms with E-state index in [1.165, 1.54) is 12.8 Å². The molecule has 0 heterocycles. The normalized spacial score (nSPS) is 17.3. The van der Waals surface area contributed by atoms with Crippen LogP contribution in [-0.4, -0.2) is 11.9 Å². The summed E-state index contributed by atoms with van der Waals surface area (Å²) in [6.07, 6.45) is 4.60.